The average Bonchev–Trinajstić information content (AvgIpc) is 1.50. The highest BCUT2D eigenvalue weighted by Gasteiger charge is 2.79. The molecule has 0 unspecified atom stereocenters. The van der Waals surface area contributed by atoms with Gasteiger partial charge in [0.1, 0.15) is 25.2 Å². The molecule has 4 fully saturated rings. The van der Waals surface area contributed by atoms with E-state index >= 15 is 8.78 Å². The van der Waals surface area contributed by atoms with Gasteiger partial charge in [-0.15, -0.1) is 11.3 Å². The molecule has 11 atom stereocenters. The van der Waals surface area contributed by atoms with Gasteiger partial charge in [-0.05, 0) is 119 Å². The number of amides is 15. The van der Waals surface area contributed by atoms with Crippen molar-refractivity contribution in [1.29, 1.82) is 0 Å². The van der Waals surface area contributed by atoms with Crippen LogP contribution in [0.25, 0.3) is 0 Å². The van der Waals surface area contributed by atoms with Crippen LogP contribution in [0.2, 0.25) is 0 Å². The lowest BCUT2D eigenvalue weighted by Crippen LogP contribution is -2.69. The first kappa shape index (κ1) is 98.7. The van der Waals surface area contributed by atoms with E-state index < -0.39 is 254 Å². The van der Waals surface area contributed by atoms with Gasteiger partial charge in [0.15, 0.2) is 40.7 Å². The molecule has 0 bridgehead atoms. The Morgan fingerprint density at radius 3 is 1.60 bits per heavy atom. The van der Waals surface area contributed by atoms with Crippen LogP contribution in [-0.2, 0) is 109 Å². The van der Waals surface area contributed by atoms with E-state index in [0.29, 0.717) is 40.3 Å². The number of anilines is 2. The van der Waals surface area contributed by atoms with E-state index in [1.54, 1.807) is 31.2 Å². The smallest absolute Gasteiger partial charge is 0.323 e. The number of likely N-dealkylation sites (N-methyl/N-ethyl adjacent to an activating group) is 10. The van der Waals surface area contributed by atoms with Gasteiger partial charge in [0, 0.05) is 129 Å². The third-order valence-electron chi connectivity index (χ3n) is 24.5. The summed E-state index contributed by atoms with van der Waals surface area (Å²) < 4.78 is 53.7. The number of thiophene rings is 1. The minimum absolute atomic E-state index is 0.0781. The van der Waals surface area contributed by atoms with Crippen molar-refractivity contribution in [2.24, 2.45) is 22.7 Å². The number of nitrogens with one attached hydrogen (secondary N) is 3. The van der Waals surface area contributed by atoms with Crippen LogP contribution in [-0.4, -0.2) is 355 Å². The predicted octanol–water partition coefficient (Wildman–Crippen LogP) is 0.0106. The largest absolute Gasteiger partial charge is 0.490 e. The Balaban J connectivity index is 0.679. The molecule has 3 saturated carbocycles. The number of Topliss-reactive ketones (excluding diaryl/α,β-unsaturated/α-hetero) is 1. The van der Waals surface area contributed by atoms with Gasteiger partial charge in [-0.1, -0.05) is 36.8 Å². The molecular weight excluding hydrogens is 1680 g/mol. The molecule has 4 aliphatic carbocycles. The quantitative estimate of drug-likeness (QED) is 0.0324. The maximum atomic E-state index is 17.9. The number of fused-ring (bicyclic) bond motifs is 7. The summed E-state index contributed by atoms with van der Waals surface area (Å²) in [6, 6.07) is 10.8. The number of hydrogen-bond acceptors (Lipinski definition) is 24. The van der Waals surface area contributed by atoms with Crippen molar-refractivity contribution in [2.45, 2.75) is 127 Å². The summed E-state index contributed by atoms with van der Waals surface area (Å²) in [5, 5.41) is 39.3. The molecule has 3 heterocycles. The first-order valence-corrected chi connectivity index (χ1v) is 41.9. The highest BCUT2D eigenvalue weighted by Crippen LogP contribution is 2.72. The fourth-order valence-corrected chi connectivity index (χ4v) is 17.9. The molecule has 41 heteroatoms. The summed E-state index contributed by atoms with van der Waals surface area (Å²) in [4.78, 5) is 246. The Morgan fingerprint density at radius 1 is 0.614 bits per heavy atom. The van der Waals surface area contributed by atoms with Crippen LogP contribution in [0.4, 0.5) is 20.2 Å². The molecule has 1 aromatic heterocycles. The summed E-state index contributed by atoms with van der Waals surface area (Å²) in [5.74, 6) is -15.3. The highest BCUT2D eigenvalue weighted by molar-refractivity contribution is 7.12. The van der Waals surface area contributed by atoms with Crippen LogP contribution in [0.15, 0.2) is 84.5 Å². The first-order valence-electron chi connectivity index (χ1n) is 41.1. The number of hydrogen-bond donors (Lipinski definition) is 6. The van der Waals surface area contributed by atoms with Gasteiger partial charge in [0.25, 0.3) is 11.8 Å². The van der Waals surface area contributed by atoms with Gasteiger partial charge in [0.2, 0.25) is 76.8 Å². The van der Waals surface area contributed by atoms with Gasteiger partial charge in [-0.25, -0.2) is 13.7 Å². The Labute approximate surface area is 736 Å². The molecule has 688 valence electrons. The van der Waals surface area contributed by atoms with E-state index in [9.17, 15) is 96.5 Å². The Bertz CT molecular complexity index is 4950. The number of alkyl halides is 1. The van der Waals surface area contributed by atoms with E-state index in [1.165, 1.54) is 114 Å². The van der Waals surface area contributed by atoms with Crippen molar-refractivity contribution in [3.63, 3.8) is 0 Å². The van der Waals surface area contributed by atoms with Crippen molar-refractivity contribution in [3.05, 3.63) is 111 Å². The van der Waals surface area contributed by atoms with E-state index in [2.05, 4.69) is 16.0 Å². The normalized spacial score (nSPS) is 22.2. The molecule has 0 spiro atoms. The molecule has 6 N–H and O–H groups in total. The monoisotopic (exact) mass is 1790 g/mol. The summed E-state index contributed by atoms with van der Waals surface area (Å²) in [5.41, 5.74) is -4.83. The average molecular weight is 1790 g/mol. The van der Waals surface area contributed by atoms with E-state index in [0.717, 1.165) is 77.7 Å². The van der Waals surface area contributed by atoms with Crippen LogP contribution in [0, 0.1) is 28.5 Å². The lowest BCUT2D eigenvalue weighted by atomic mass is 9.44. The van der Waals surface area contributed by atoms with Gasteiger partial charge in [-0.2, -0.15) is 0 Å². The SMILES string of the molecule is C[C@H](NC(=O)CCc1ccc(N2C(=O)C=CC2=O)c(F)c1OCCCC(=O)N(C)CC(=O)N(C)CC(=O)N(C)CC(=O)N(C)CC(=O)N(C)CC(=O)N(C)CC(=O)N(C)CC(=O)N(C)CC(=O)N(C)CC(=O)N(C)CC(=O)O)C(=O)N[C@@H](C)C(=O)Nc1cccc(Cc2ccc([C@@H]3O[C@@H]4C[C@H]5[C@@H]6CCC7=CC(=O)C=C[C@]7(C)[C@@]6(F)[C@@H](O)C[C@]5(C)[C@]4(C(=O)CO)O3)s2)c1. The molecular formula is C86H110F2N14O24S. The van der Waals surface area contributed by atoms with Crippen LogP contribution < -0.4 is 25.6 Å². The standard InChI is InChI=1S/C86H110F2N14O24S/c1-49(80(122)90-50(2)81(123)91-54-18-15-17-51(33-54)34-56-23-26-60(127-56)82-125-63-36-58-57-24-22-53-35-55(104)30-31-83(53,3)85(57,88)61(105)37-84(58,4)86(63,126-82)62(106)48-103)89-64(107)27-21-52-20-25-59(102-66(109)28-29-67(102)110)78(87)79(52)124-32-16-19-65(108)92(5)38-68(111)93(6)39-69(112)94(7)40-70(113)95(8)41-71(114)96(9)42-72(115)97(10)43-73(116)98(11)44-74(117)99(12)45-75(118)100(13)46-76(119)101(14)47-77(120)121/h15,17-18,20,23,25-26,28-31,33,35,49-50,57-58,61,63,82,103,105H,16,19,21-22,24,27,32,34,36-48H2,1-14H3,(H,89,107)(H,90,122)(H,91,123)(H,120,121)/t49-,50-,57-,58-,61-,63+,82+,83-,84-,85-,86+/m0/s1. The minimum atomic E-state index is -2.16. The topological polar surface area (TPSA) is 467 Å². The predicted molar refractivity (Wildman–Crippen MR) is 450 cm³/mol. The zero-order chi connectivity index (χ0) is 94.0. The van der Waals surface area contributed by atoms with E-state index in [1.807, 2.05) is 25.1 Å². The Morgan fingerprint density at radius 2 is 1.10 bits per heavy atom. The number of aryl methyl sites for hydroxylation is 1. The second-order valence-corrected chi connectivity index (χ2v) is 34.9. The van der Waals surface area contributed by atoms with Crippen molar-refractivity contribution in [2.75, 3.05) is 159 Å². The molecule has 1 saturated heterocycles. The van der Waals surface area contributed by atoms with Crippen molar-refractivity contribution < 1.29 is 125 Å². The minimum Gasteiger partial charge on any atom is -0.490 e. The number of ketones is 2. The summed E-state index contributed by atoms with van der Waals surface area (Å²) in [6.07, 6.45) is 3.11. The third-order valence-corrected chi connectivity index (χ3v) is 25.7. The maximum absolute atomic E-state index is 17.9. The number of carboxylic acid groups (broad SMARTS) is 1. The molecule has 2 aliphatic heterocycles. The summed E-state index contributed by atoms with van der Waals surface area (Å²) in [7, 11) is 12.8. The number of rotatable bonds is 39. The number of carbonyl (C=O) groups excluding carboxylic acids is 17. The number of imide groups is 1. The fraction of sp³-hybridized carbons (Fsp3) is 0.535. The fourth-order valence-electron chi connectivity index (χ4n) is 16.9. The number of benzene rings is 2. The number of allylic oxidation sites excluding steroid dienone is 4. The molecule has 2 aromatic carbocycles. The van der Waals surface area contributed by atoms with Crippen LogP contribution in [0.3, 0.4) is 0 Å². The van der Waals surface area contributed by atoms with E-state index in [4.69, 9.17) is 19.3 Å². The highest BCUT2D eigenvalue weighted by atomic mass is 32.1. The molecule has 15 amide bonds. The van der Waals surface area contributed by atoms with Gasteiger partial charge < -0.3 is 94.5 Å². The zero-order valence-corrected chi connectivity index (χ0v) is 74.2. The number of aliphatic hydroxyl groups is 2. The second-order valence-electron chi connectivity index (χ2n) is 33.7. The zero-order valence-electron chi connectivity index (χ0n) is 73.4. The van der Waals surface area contributed by atoms with Gasteiger partial charge >= 0.3 is 5.97 Å². The number of halogens is 2. The third kappa shape index (κ3) is 22.1. The summed E-state index contributed by atoms with van der Waals surface area (Å²) >= 11 is 1.36. The van der Waals surface area contributed by atoms with Crippen LogP contribution >= 0.6 is 11.3 Å². The second kappa shape index (κ2) is 41.1. The molecule has 3 aromatic rings. The number of aliphatic carboxylic acids is 1. The lowest BCUT2D eigenvalue weighted by molar-refractivity contribution is -0.231. The van der Waals surface area contributed by atoms with Crippen molar-refractivity contribution >= 4 is 129 Å². The number of carbonyl (C=O) groups is 18. The van der Waals surface area contributed by atoms with Crippen molar-refractivity contribution in [1.82, 2.24) is 59.6 Å². The Kier molecular flexibility index (Phi) is 32.0. The number of nitrogens with zero attached hydrogens (tertiary/aromatic N) is 11. The molecule has 0 radical (unpaired) electrons. The lowest BCUT2D eigenvalue weighted by Gasteiger charge is -2.62. The molecule has 9 rings (SSSR count). The Hall–Kier alpha value is -12.1. The number of ether oxygens (including phenoxy) is 3. The maximum Gasteiger partial charge on any atom is 0.323 e. The van der Waals surface area contributed by atoms with Gasteiger partial charge in [-0.3, -0.25) is 86.3 Å². The number of carboxylic acids is 1. The molecule has 127 heavy (non-hydrogen) atoms. The molecule has 38 nitrogen and oxygen atoms in total. The number of aliphatic hydroxyl groups excluding tert-OH is 2. The van der Waals surface area contributed by atoms with Crippen LogP contribution in [0.5, 0.6) is 5.75 Å². The molecule has 6 aliphatic rings. The van der Waals surface area contributed by atoms with Gasteiger partial charge in [0.05, 0.1) is 88.3 Å². The summed E-state index contributed by atoms with van der Waals surface area (Å²) in [6.45, 7) is -0.0808. The first-order chi connectivity index (χ1) is 59.6. The van der Waals surface area contributed by atoms with E-state index in [-0.39, 0.29) is 56.5 Å². The van der Waals surface area contributed by atoms with Crippen molar-refractivity contribution in [3.8, 4) is 5.75 Å². The van der Waals surface area contributed by atoms with Crippen LogP contribution in [0.1, 0.15) is 99.8 Å².